The molecular formula is C14H21N3O. The van der Waals surface area contributed by atoms with Gasteiger partial charge in [0.25, 0.3) is 0 Å². The predicted octanol–water partition coefficient (Wildman–Crippen LogP) is 2.41. The Kier molecular flexibility index (Phi) is 4.07. The van der Waals surface area contributed by atoms with Crippen LogP contribution in [0.1, 0.15) is 31.7 Å². The van der Waals surface area contributed by atoms with Gasteiger partial charge in [0, 0.05) is 24.3 Å². The van der Waals surface area contributed by atoms with Gasteiger partial charge in [0.2, 0.25) is 0 Å². The predicted molar refractivity (Wildman–Crippen MR) is 74.2 cm³/mol. The quantitative estimate of drug-likeness (QED) is 0.372. The van der Waals surface area contributed by atoms with Crippen LogP contribution in [-0.4, -0.2) is 24.1 Å². The monoisotopic (exact) mass is 247 g/mol. The summed E-state index contributed by atoms with van der Waals surface area (Å²) in [5, 5.41) is 12.0. The SMILES string of the molecule is CCCC1CCN(c2ccccc2/C(N)=N/O)C1. The van der Waals surface area contributed by atoms with E-state index in [2.05, 4.69) is 17.0 Å². The normalized spacial score (nSPS) is 20.4. The summed E-state index contributed by atoms with van der Waals surface area (Å²) in [6.45, 7) is 4.36. The summed E-state index contributed by atoms with van der Waals surface area (Å²) in [4.78, 5) is 2.34. The number of amidine groups is 1. The lowest BCUT2D eigenvalue weighted by molar-refractivity contribution is 0.318. The molecule has 1 aliphatic rings. The van der Waals surface area contributed by atoms with E-state index in [1.165, 1.54) is 19.3 Å². The van der Waals surface area contributed by atoms with Gasteiger partial charge in [0.05, 0.1) is 0 Å². The van der Waals surface area contributed by atoms with Gasteiger partial charge in [-0.15, -0.1) is 0 Å². The highest BCUT2D eigenvalue weighted by atomic mass is 16.4. The van der Waals surface area contributed by atoms with Crippen LogP contribution in [0.3, 0.4) is 0 Å². The van der Waals surface area contributed by atoms with E-state index in [9.17, 15) is 0 Å². The summed E-state index contributed by atoms with van der Waals surface area (Å²) in [6, 6.07) is 7.85. The van der Waals surface area contributed by atoms with Gasteiger partial charge in [0.15, 0.2) is 5.84 Å². The maximum atomic E-state index is 8.84. The van der Waals surface area contributed by atoms with Gasteiger partial charge < -0.3 is 15.8 Å². The van der Waals surface area contributed by atoms with Crippen LogP contribution in [-0.2, 0) is 0 Å². The van der Waals surface area contributed by atoms with Crippen molar-refractivity contribution in [2.45, 2.75) is 26.2 Å². The van der Waals surface area contributed by atoms with E-state index in [4.69, 9.17) is 10.9 Å². The fraction of sp³-hybridized carbons (Fsp3) is 0.500. The van der Waals surface area contributed by atoms with Crippen LogP contribution >= 0.6 is 0 Å². The molecule has 4 heteroatoms. The molecular weight excluding hydrogens is 226 g/mol. The number of para-hydroxylation sites is 1. The second-order valence-corrected chi connectivity index (χ2v) is 4.89. The summed E-state index contributed by atoms with van der Waals surface area (Å²) in [5.74, 6) is 0.958. The molecule has 1 aliphatic heterocycles. The van der Waals surface area contributed by atoms with Crippen LogP contribution in [0, 0.1) is 5.92 Å². The van der Waals surface area contributed by atoms with Gasteiger partial charge in [-0.3, -0.25) is 0 Å². The number of rotatable bonds is 4. The van der Waals surface area contributed by atoms with E-state index in [0.717, 1.165) is 30.3 Å². The molecule has 0 aliphatic carbocycles. The molecule has 1 heterocycles. The minimum absolute atomic E-state index is 0.185. The van der Waals surface area contributed by atoms with Crippen molar-refractivity contribution in [3.8, 4) is 0 Å². The average molecular weight is 247 g/mol. The number of oxime groups is 1. The van der Waals surface area contributed by atoms with Crippen LogP contribution < -0.4 is 10.6 Å². The van der Waals surface area contributed by atoms with Crippen LogP contribution in [0.5, 0.6) is 0 Å². The van der Waals surface area contributed by atoms with Crippen molar-refractivity contribution >= 4 is 11.5 Å². The van der Waals surface area contributed by atoms with Gasteiger partial charge >= 0.3 is 0 Å². The first-order chi connectivity index (χ1) is 8.76. The van der Waals surface area contributed by atoms with E-state index in [1.54, 1.807) is 0 Å². The highest BCUT2D eigenvalue weighted by molar-refractivity contribution is 6.02. The van der Waals surface area contributed by atoms with Crippen LogP contribution in [0.2, 0.25) is 0 Å². The lowest BCUT2D eigenvalue weighted by Crippen LogP contribution is -2.24. The van der Waals surface area contributed by atoms with Crippen LogP contribution in [0.15, 0.2) is 29.4 Å². The Morgan fingerprint density at radius 2 is 2.28 bits per heavy atom. The van der Waals surface area contributed by atoms with Crippen molar-refractivity contribution in [2.75, 3.05) is 18.0 Å². The topological polar surface area (TPSA) is 61.8 Å². The Balaban J connectivity index is 2.19. The Morgan fingerprint density at radius 3 is 3.00 bits per heavy atom. The fourth-order valence-electron chi connectivity index (χ4n) is 2.72. The highest BCUT2D eigenvalue weighted by Crippen LogP contribution is 2.28. The molecule has 1 aromatic rings. The van der Waals surface area contributed by atoms with E-state index in [-0.39, 0.29) is 5.84 Å². The third-order valence-corrected chi connectivity index (χ3v) is 3.61. The van der Waals surface area contributed by atoms with Crippen LogP contribution in [0.25, 0.3) is 0 Å². The second-order valence-electron chi connectivity index (χ2n) is 4.89. The molecule has 0 saturated carbocycles. The van der Waals surface area contributed by atoms with E-state index in [1.807, 2.05) is 24.3 Å². The third-order valence-electron chi connectivity index (χ3n) is 3.61. The van der Waals surface area contributed by atoms with Crippen molar-refractivity contribution in [1.29, 1.82) is 0 Å². The number of benzene rings is 1. The molecule has 18 heavy (non-hydrogen) atoms. The Labute approximate surface area is 108 Å². The number of nitrogens with two attached hydrogens (primary N) is 1. The average Bonchev–Trinajstić information content (AvgIpc) is 2.87. The highest BCUT2D eigenvalue weighted by Gasteiger charge is 2.24. The lowest BCUT2D eigenvalue weighted by atomic mass is 10.0. The molecule has 1 aromatic carbocycles. The molecule has 1 atom stereocenters. The van der Waals surface area contributed by atoms with Gasteiger partial charge in [-0.25, -0.2) is 0 Å². The minimum Gasteiger partial charge on any atom is -0.409 e. The van der Waals surface area contributed by atoms with Gasteiger partial charge in [-0.2, -0.15) is 0 Å². The number of hydrogen-bond acceptors (Lipinski definition) is 3. The fourth-order valence-corrected chi connectivity index (χ4v) is 2.72. The summed E-state index contributed by atoms with van der Waals surface area (Å²) in [7, 11) is 0. The molecule has 3 N–H and O–H groups in total. The molecule has 98 valence electrons. The first-order valence-corrected chi connectivity index (χ1v) is 6.58. The van der Waals surface area contributed by atoms with Gasteiger partial charge in [-0.05, 0) is 30.9 Å². The van der Waals surface area contributed by atoms with E-state index >= 15 is 0 Å². The second kappa shape index (κ2) is 5.76. The molecule has 0 spiro atoms. The van der Waals surface area contributed by atoms with E-state index in [0.29, 0.717) is 0 Å². The van der Waals surface area contributed by atoms with Crippen molar-refractivity contribution < 1.29 is 5.21 Å². The molecule has 2 rings (SSSR count). The summed E-state index contributed by atoms with van der Waals surface area (Å²) >= 11 is 0. The van der Waals surface area contributed by atoms with Crippen molar-refractivity contribution in [2.24, 2.45) is 16.8 Å². The van der Waals surface area contributed by atoms with E-state index < -0.39 is 0 Å². The molecule has 0 radical (unpaired) electrons. The Morgan fingerprint density at radius 1 is 1.50 bits per heavy atom. The Hall–Kier alpha value is -1.71. The zero-order chi connectivity index (χ0) is 13.0. The molecule has 0 bridgehead atoms. The third kappa shape index (κ3) is 2.58. The van der Waals surface area contributed by atoms with Gasteiger partial charge in [-0.1, -0.05) is 30.6 Å². The minimum atomic E-state index is 0.185. The summed E-state index contributed by atoms with van der Waals surface area (Å²) in [6.07, 6.45) is 3.75. The number of nitrogens with zero attached hydrogens (tertiary/aromatic N) is 2. The molecule has 1 fully saturated rings. The first kappa shape index (κ1) is 12.7. The van der Waals surface area contributed by atoms with Crippen molar-refractivity contribution in [3.05, 3.63) is 29.8 Å². The Bertz CT molecular complexity index is 431. The molecule has 0 amide bonds. The van der Waals surface area contributed by atoms with Crippen LogP contribution in [0.4, 0.5) is 5.69 Å². The zero-order valence-electron chi connectivity index (χ0n) is 10.8. The largest absolute Gasteiger partial charge is 0.409 e. The number of anilines is 1. The molecule has 0 aromatic heterocycles. The smallest absolute Gasteiger partial charge is 0.172 e. The lowest BCUT2D eigenvalue weighted by Gasteiger charge is -2.21. The molecule has 1 saturated heterocycles. The molecule has 1 unspecified atom stereocenters. The van der Waals surface area contributed by atoms with Crippen molar-refractivity contribution in [1.82, 2.24) is 0 Å². The first-order valence-electron chi connectivity index (χ1n) is 6.58. The van der Waals surface area contributed by atoms with Gasteiger partial charge in [0.1, 0.15) is 0 Å². The maximum absolute atomic E-state index is 8.84. The summed E-state index contributed by atoms with van der Waals surface area (Å²) < 4.78 is 0. The number of hydrogen-bond donors (Lipinski definition) is 2. The summed E-state index contributed by atoms with van der Waals surface area (Å²) in [5.41, 5.74) is 7.62. The zero-order valence-corrected chi connectivity index (χ0v) is 10.8. The molecule has 4 nitrogen and oxygen atoms in total. The van der Waals surface area contributed by atoms with Crippen molar-refractivity contribution in [3.63, 3.8) is 0 Å². The standard InChI is InChI=1S/C14H21N3O/c1-2-5-11-8-9-17(10-11)13-7-4-3-6-12(13)14(15)16-18/h3-4,6-7,11,18H,2,5,8-10H2,1H3,(H2,15,16). The maximum Gasteiger partial charge on any atom is 0.172 e.